The second-order valence-electron chi connectivity index (χ2n) is 3.85. The van der Waals surface area contributed by atoms with E-state index in [1.165, 1.54) is 0 Å². The van der Waals surface area contributed by atoms with E-state index in [1.807, 2.05) is 0 Å². The Bertz CT molecular complexity index is 320. The van der Waals surface area contributed by atoms with Crippen molar-refractivity contribution in [1.29, 1.82) is 0 Å². The van der Waals surface area contributed by atoms with Gasteiger partial charge in [-0.2, -0.15) is 13.2 Å². The Morgan fingerprint density at radius 2 is 2.11 bits per heavy atom. The number of hydrogen-bond donors (Lipinski definition) is 1. The summed E-state index contributed by atoms with van der Waals surface area (Å²) < 4.78 is 41.2. The number of rotatable bonds is 3. The molecule has 0 aromatic heterocycles. The van der Waals surface area contributed by atoms with Crippen LogP contribution in [0.15, 0.2) is 0 Å². The van der Waals surface area contributed by atoms with E-state index in [2.05, 4.69) is 5.32 Å². The molecule has 0 aromatic carbocycles. The number of carbonyl (C=O) groups excluding carboxylic acids is 2. The molecular formula is C10H15F3N2O3. The molecule has 1 saturated heterocycles. The number of nitrogens with one attached hydrogen (secondary N) is 1. The minimum absolute atomic E-state index is 0.0679. The number of piperazine rings is 1. The average molecular weight is 268 g/mol. The van der Waals surface area contributed by atoms with Crippen molar-refractivity contribution in [3.8, 4) is 0 Å². The molecule has 0 aliphatic carbocycles. The highest BCUT2D eigenvalue weighted by Crippen LogP contribution is 2.22. The van der Waals surface area contributed by atoms with Crippen LogP contribution in [0.1, 0.15) is 13.3 Å². The minimum atomic E-state index is -4.57. The van der Waals surface area contributed by atoms with Crippen molar-refractivity contribution >= 4 is 11.9 Å². The summed E-state index contributed by atoms with van der Waals surface area (Å²) in [6, 6.07) is -0.978. The molecule has 1 heterocycles. The van der Waals surface area contributed by atoms with E-state index in [0.717, 1.165) is 4.90 Å². The highest BCUT2D eigenvalue weighted by molar-refractivity contribution is 5.85. The summed E-state index contributed by atoms with van der Waals surface area (Å²) in [5.41, 5.74) is 0. The molecule has 8 heteroatoms. The molecule has 1 fully saturated rings. The maximum atomic E-state index is 12.2. The topological polar surface area (TPSA) is 58.6 Å². The lowest BCUT2D eigenvalue weighted by atomic mass is 10.1. The summed E-state index contributed by atoms with van der Waals surface area (Å²) >= 11 is 0. The van der Waals surface area contributed by atoms with Crippen LogP contribution in [0.25, 0.3) is 0 Å². The molecule has 0 spiro atoms. The average Bonchev–Trinajstić information content (AvgIpc) is 2.27. The predicted octanol–water partition coefficient (Wildman–Crippen LogP) is 0.302. The van der Waals surface area contributed by atoms with E-state index in [-0.39, 0.29) is 19.7 Å². The van der Waals surface area contributed by atoms with Gasteiger partial charge in [0.05, 0.1) is 6.61 Å². The molecule has 1 aliphatic heterocycles. The first-order valence-electron chi connectivity index (χ1n) is 5.58. The molecule has 104 valence electrons. The van der Waals surface area contributed by atoms with Crippen LogP contribution >= 0.6 is 0 Å². The summed E-state index contributed by atoms with van der Waals surface area (Å²) in [6.45, 7) is 2.26. The molecule has 1 N–H and O–H groups in total. The number of alkyl halides is 3. The van der Waals surface area contributed by atoms with Gasteiger partial charge in [0, 0.05) is 19.6 Å². The second-order valence-corrected chi connectivity index (χ2v) is 3.85. The summed E-state index contributed by atoms with van der Waals surface area (Å²) in [7, 11) is 0. The lowest BCUT2D eigenvalue weighted by Crippen LogP contribution is -2.57. The van der Waals surface area contributed by atoms with Gasteiger partial charge < -0.3 is 15.0 Å². The molecule has 0 bridgehead atoms. The van der Waals surface area contributed by atoms with Crippen LogP contribution < -0.4 is 5.32 Å². The minimum Gasteiger partial charge on any atom is -0.464 e. The van der Waals surface area contributed by atoms with Crippen LogP contribution in [-0.4, -0.2) is 55.2 Å². The van der Waals surface area contributed by atoms with Gasteiger partial charge >= 0.3 is 12.1 Å². The molecule has 5 nitrogen and oxygen atoms in total. The van der Waals surface area contributed by atoms with E-state index < -0.39 is 30.5 Å². The molecule has 1 amide bonds. The number of nitrogens with zero attached hydrogens (tertiary/aromatic N) is 1. The van der Waals surface area contributed by atoms with E-state index in [1.54, 1.807) is 6.92 Å². The van der Waals surface area contributed by atoms with Gasteiger partial charge in [-0.1, -0.05) is 0 Å². The lowest BCUT2D eigenvalue weighted by Gasteiger charge is -2.34. The van der Waals surface area contributed by atoms with Gasteiger partial charge in [-0.05, 0) is 6.92 Å². The van der Waals surface area contributed by atoms with Gasteiger partial charge in [-0.15, -0.1) is 0 Å². The van der Waals surface area contributed by atoms with Crippen molar-refractivity contribution < 1.29 is 27.5 Å². The first-order valence-corrected chi connectivity index (χ1v) is 5.58. The van der Waals surface area contributed by atoms with Crippen LogP contribution in [-0.2, 0) is 14.3 Å². The van der Waals surface area contributed by atoms with Gasteiger partial charge in [0.15, 0.2) is 0 Å². The fourth-order valence-electron chi connectivity index (χ4n) is 1.72. The maximum Gasteiger partial charge on any atom is 0.397 e. The Morgan fingerprint density at radius 3 is 2.67 bits per heavy atom. The predicted molar refractivity (Wildman–Crippen MR) is 55.7 cm³/mol. The van der Waals surface area contributed by atoms with Gasteiger partial charge in [-0.25, -0.2) is 4.79 Å². The van der Waals surface area contributed by atoms with Crippen molar-refractivity contribution in [2.45, 2.75) is 25.6 Å². The second kappa shape index (κ2) is 6.03. The zero-order valence-electron chi connectivity index (χ0n) is 9.92. The molecule has 1 atom stereocenters. The van der Waals surface area contributed by atoms with Crippen molar-refractivity contribution in [3.05, 3.63) is 0 Å². The molecule has 18 heavy (non-hydrogen) atoms. The normalized spacial score (nSPS) is 20.7. The van der Waals surface area contributed by atoms with Crippen LogP contribution in [0.5, 0.6) is 0 Å². The zero-order valence-corrected chi connectivity index (χ0v) is 9.92. The Hall–Kier alpha value is -1.31. The molecule has 0 radical (unpaired) electrons. The number of hydrogen-bond acceptors (Lipinski definition) is 4. The van der Waals surface area contributed by atoms with Crippen molar-refractivity contribution in [3.63, 3.8) is 0 Å². The van der Waals surface area contributed by atoms with E-state index in [4.69, 9.17) is 4.74 Å². The third-order valence-electron chi connectivity index (χ3n) is 2.47. The summed E-state index contributed by atoms with van der Waals surface area (Å²) in [4.78, 5) is 24.0. The van der Waals surface area contributed by atoms with Crippen LogP contribution in [0, 0.1) is 0 Å². The molecular weight excluding hydrogens is 253 g/mol. The monoisotopic (exact) mass is 268 g/mol. The third-order valence-corrected chi connectivity index (χ3v) is 2.47. The number of ether oxygens (including phenoxy) is 1. The third kappa shape index (κ3) is 4.17. The smallest absolute Gasteiger partial charge is 0.397 e. The van der Waals surface area contributed by atoms with Crippen LogP contribution in [0.3, 0.4) is 0 Å². The summed E-state index contributed by atoms with van der Waals surface area (Å²) in [5, 5.41) is 2.85. The first-order chi connectivity index (χ1) is 8.35. The summed E-state index contributed by atoms with van der Waals surface area (Å²) in [5.74, 6) is -1.78. The van der Waals surface area contributed by atoms with Gasteiger partial charge in [0.25, 0.3) is 0 Å². The largest absolute Gasteiger partial charge is 0.464 e. The molecule has 0 aromatic rings. The van der Waals surface area contributed by atoms with Gasteiger partial charge in [0.1, 0.15) is 12.5 Å². The van der Waals surface area contributed by atoms with Crippen LogP contribution in [0.2, 0.25) is 0 Å². The number of esters is 1. The Labute approximate surface area is 102 Å². The Kier molecular flexibility index (Phi) is 4.94. The van der Waals surface area contributed by atoms with Crippen molar-refractivity contribution in [1.82, 2.24) is 10.2 Å². The first kappa shape index (κ1) is 14.7. The lowest BCUT2D eigenvalue weighted by molar-refractivity contribution is -0.169. The van der Waals surface area contributed by atoms with Gasteiger partial charge in [0.2, 0.25) is 5.91 Å². The van der Waals surface area contributed by atoms with Crippen LogP contribution in [0.4, 0.5) is 13.2 Å². The Morgan fingerprint density at radius 1 is 1.44 bits per heavy atom. The van der Waals surface area contributed by atoms with Gasteiger partial charge in [-0.3, -0.25) is 4.79 Å². The van der Waals surface area contributed by atoms with Crippen molar-refractivity contribution in [2.24, 2.45) is 0 Å². The SMILES string of the molecule is CCOC(=O)C1CNCCN1C(=O)CC(F)(F)F. The number of amides is 1. The standard InChI is InChI=1S/C10H15F3N2O3/c1-2-18-9(17)7-6-14-3-4-15(7)8(16)5-10(11,12)13/h7,14H,2-6H2,1H3. The fourth-order valence-corrected chi connectivity index (χ4v) is 1.72. The highest BCUT2D eigenvalue weighted by Gasteiger charge is 2.39. The summed E-state index contributed by atoms with van der Waals surface area (Å²) in [6.07, 6.45) is -6.12. The molecule has 0 saturated carbocycles. The molecule has 1 rings (SSSR count). The number of halogens is 3. The quantitative estimate of drug-likeness (QED) is 0.748. The maximum absolute atomic E-state index is 12.2. The van der Waals surface area contributed by atoms with E-state index in [9.17, 15) is 22.8 Å². The molecule has 1 aliphatic rings. The fraction of sp³-hybridized carbons (Fsp3) is 0.800. The zero-order chi connectivity index (χ0) is 13.8. The van der Waals surface area contributed by atoms with E-state index >= 15 is 0 Å². The highest BCUT2D eigenvalue weighted by atomic mass is 19.4. The number of carbonyl (C=O) groups is 2. The molecule has 1 unspecified atom stereocenters. The van der Waals surface area contributed by atoms with Crippen molar-refractivity contribution in [2.75, 3.05) is 26.2 Å². The Balaban J connectivity index is 2.70. The van der Waals surface area contributed by atoms with E-state index in [0.29, 0.717) is 6.54 Å².